The number of carboxylic acids is 1. The van der Waals surface area contributed by atoms with E-state index in [4.69, 9.17) is 0 Å². The number of benzene rings is 1. The smallest absolute Gasteiger partial charge is 0.334 e. The van der Waals surface area contributed by atoms with Gasteiger partial charge in [-0.1, -0.05) is 0 Å². The molecule has 2 aromatic rings. The summed E-state index contributed by atoms with van der Waals surface area (Å²) in [6.45, 7) is 2.77. The Bertz CT molecular complexity index is 967. The van der Waals surface area contributed by atoms with Crippen LogP contribution in [0.2, 0.25) is 0 Å². The highest BCUT2D eigenvalue weighted by atomic mass is 19.2. The van der Waals surface area contributed by atoms with Gasteiger partial charge in [0.2, 0.25) is 5.82 Å². The summed E-state index contributed by atoms with van der Waals surface area (Å²) in [6, 6.07) is 0. The second kappa shape index (κ2) is 5.82. The van der Waals surface area contributed by atoms with E-state index in [2.05, 4.69) is 10.4 Å². The lowest BCUT2D eigenvalue weighted by Gasteiger charge is -2.28. The Kier molecular flexibility index (Phi) is 4.01. The summed E-state index contributed by atoms with van der Waals surface area (Å²) in [5, 5.41) is 16.3. The SMILES string of the molecule is CC1=C(C(=O)O)C(c2c(F)c(F)c(F)c(F)c2F)c2c(C)nn(C)c2N1. The van der Waals surface area contributed by atoms with Gasteiger partial charge in [-0.25, -0.2) is 26.7 Å². The lowest BCUT2D eigenvalue weighted by molar-refractivity contribution is -0.133. The number of hydrogen-bond acceptors (Lipinski definition) is 3. The molecular formula is C16H12F5N3O2. The Morgan fingerprint density at radius 3 is 2.00 bits per heavy atom. The van der Waals surface area contributed by atoms with Crippen molar-refractivity contribution in [2.75, 3.05) is 5.32 Å². The van der Waals surface area contributed by atoms with Gasteiger partial charge >= 0.3 is 5.97 Å². The largest absolute Gasteiger partial charge is 0.478 e. The van der Waals surface area contributed by atoms with Crippen molar-refractivity contribution in [2.24, 2.45) is 7.05 Å². The predicted molar refractivity (Wildman–Crippen MR) is 80.0 cm³/mol. The lowest BCUT2D eigenvalue weighted by atomic mass is 9.80. The van der Waals surface area contributed by atoms with Crippen LogP contribution in [0.4, 0.5) is 27.8 Å². The standard InChI is InChI=1S/C16H12F5N3O2/c1-4-7(16(25)26)8(6-5(2)23-24(3)15(6)22-4)9-10(17)12(19)14(21)13(20)11(9)18/h8,22H,1-3H3,(H,25,26). The molecule has 2 N–H and O–H groups in total. The molecule has 1 aliphatic rings. The number of halogens is 5. The van der Waals surface area contributed by atoms with Crippen LogP contribution in [0.3, 0.4) is 0 Å². The fraction of sp³-hybridized carbons (Fsp3) is 0.250. The van der Waals surface area contributed by atoms with Crippen LogP contribution in [0.15, 0.2) is 11.3 Å². The Morgan fingerprint density at radius 1 is 1.00 bits per heavy atom. The highest BCUT2D eigenvalue weighted by Gasteiger charge is 2.41. The van der Waals surface area contributed by atoms with Crippen molar-refractivity contribution in [2.45, 2.75) is 19.8 Å². The van der Waals surface area contributed by atoms with E-state index in [-0.39, 0.29) is 22.8 Å². The summed E-state index contributed by atoms with van der Waals surface area (Å²) in [4.78, 5) is 11.7. The summed E-state index contributed by atoms with van der Waals surface area (Å²) in [5.74, 6) is -13.8. The van der Waals surface area contributed by atoms with Crippen molar-refractivity contribution < 1.29 is 31.9 Å². The molecule has 1 aliphatic heterocycles. The van der Waals surface area contributed by atoms with Crippen LogP contribution in [-0.2, 0) is 11.8 Å². The molecule has 1 unspecified atom stereocenters. The number of nitrogens with zero attached hydrogens (tertiary/aromatic N) is 2. The highest BCUT2D eigenvalue weighted by molar-refractivity contribution is 5.93. The molecule has 0 spiro atoms. The molecule has 138 valence electrons. The minimum atomic E-state index is -2.31. The molecule has 0 fully saturated rings. The molecule has 0 amide bonds. The second-order valence-corrected chi connectivity index (χ2v) is 5.86. The van der Waals surface area contributed by atoms with Crippen molar-refractivity contribution in [3.8, 4) is 0 Å². The third-order valence-electron chi connectivity index (χ3n) is 4.32. The van der Waals surface area contributed by atoms with Crippen LogP contribution in [0, 0.1) is 36.0 Å². The van der Waals surface area contributed by atoms with E-state index in [1.54, 1.807) is 0 Å². The van der Waals surface area contributed by atoms with Crippen molar-refractivity contribution in [3.05, 3.63) is 57.2 Å². The van der Waals surface area contributed by atoms with E-state index in [0.717, 1.165) is 0 Å². The number of nitrogens with one attached hydrogen (secondary N) is 1. The van der Waals surface area contributed by atoms with Gasteiger partial charge < -0.3 is 10.4 Å². The van der Waals surface area contributed by atoms with E-state index in [1.807, 2.05) is 0 Å². The van der Waals surface area contributed by atoms with Gasteiger partial charge in [-0.15, -0.1) is 0 Å². The molecule has 1 aromatic carbocycles. The number of aliphatic carboxylic acids is 1. The molecule has 0 saturated carbocycles. The van der Waals surface area contributed by atoms with Crippen LogP contribution in [-0.4, -0.2) is 20.9 Å². The van der Waals surface area contributed by atoms with Gasteiger partial charge in [0.1, 0.15) is 5.82 Å². The van der Waals surface area contributed by atoms with Gasteiger partial charge in [-0.05, 0) is 13.8 Å². The summed E-state index contributed by atoms with van der Waals surface area (Å²) in [7, 11) is 1.49. The molecule has 0 saturated heterocycles. The van der Waals surface area contributed by atoms with E-state index < -0.39 is 52.1 Å². The zero-order valence-corrected chi connectivity index (χ0v) is 13.7. The topological polar surface area (TPSA) is 67.1 Å². The molecular weight excluding hydrogens is 361 g/mol. The van der Waals surface area contributed by atoms with Crippen molar-refractivity contribution in [1.29, 1.82) is 0 Å². The molecule has 0 aliphatic carbocycles. The third-order valence-corrected chi connectivity index (χ3v) is 4.32. The van der Waals surface area contributed by atoms with Crippen molar-refractivity contribution in [1.82, 2.24) is 9.78 Å². The van der Waals surface area contributed by atoms with Gasteiger partial charge in [0.25, 0.3) is 0 Å². The zero-order chi connectivity index (χ0) is 19.5. The first-order chi connectivity index (χ1) is 12.1. The Balaban J connectivity index is 2.45. The first-order valence-corrected chi connectivity index (χ1v) is 7.33. The van der Waals surface area contributed by atoms with Gasteiger partial charge in [0.05, 0.1) is 17.2 Å². The Hall–Kier alpha value is -2.91. The average Bonchev–Trinajstić information content (AvgIpc) is 2.84. The molecule has 1 atom stereocenters. The highest BCUT2D eigenvalue weighted by Crippen LogP contribution is 2.45. The molecule has 5 nitrogen and oxygen atoms in total. The van der Waals surface area contributed by atoms with Crippen LogP contribution in [0.5, 0.6) is 0 Å². The van der Waals surface area contributed by atoms with Crippen LogP contribution >= 0.6 is 0 Å². The van der Waals surface area contributed by atoms with Crippen LogP contribution in [0.25, 0.3) is 0 Å². The average molecular weight is 373 g/mol. The summed E-state index contributed by atoms with van der Waals surface area (Å²) in [5.41, 5.74) is -1.54. The van der Waals surface area contributed by atoms with Gasteiger partial charge in [0.15, 0.2) is 23.3 Å². The number of rotatable bonds is 2. The van der Waals surface area contributed by atoms with Gasteiger partial charge in [-0.3, -0.25) is 4.68 Å². The van der Waals surface area contributed by atoms with E-state index in [1.165, 1.54) is 25.6 Å². The monoisotopic (exact) mass is 373 g/mol. The number of aromatic nitrogens is 2. The summed E-state index contributed by atoms with van der Waals surface area (Å²) in [6.07, 6.45) is 0. The first-order valence-electron chi connectivity index (χ1n) is 7.33. The fourth-order valence-electron chi connectivity index (χ4n) is 3.22. The number of anilines is 1. The molecule has 26 heavy (non-hydrogen) atoms. The molecule has 1 aromatic heterocycles. The number of fused-ring (bicyclic) bond motifs is 1. The molecule has 0 bridgehead atoms. The van der Waals surface area contributed by atoms with Crippen LogP contribution in [0.1, 0.15) is 29.7 Å². The molecule has 2 heterocycles. The predicted octanol–water partition coefficient (Wildman–Crippen LogP) is 3.34. The molecule has 10 heteroatoms. The number of allylic oxidation sites excluding steroid dienone is 1. The van der Waals surface area contributed by atoms with Crippen molar-refractivity contribution in [3.63, 3.8) is 0 Å². The maximum absolute atomic E-state index is 14.4. The van der Waals surface area contributed by atoms with Gasteiger partial charge in [0, 0.05) is 23.9 Å². The number of carboxylic acid groups (broad SMARTS) is 1. The Labute approximate surface area is 143 Å². The number of carbonyl (C=O) groups is 1. The molecule has 0 radical (unpaired) electrons. The zero-order valence-electron chi connectivity index (χ0n) is 13.7. The van der Waals surface area contributed by atoms with E-state index >= 15 is 0 Å². The van der Waals surface area contributed by atoms with Crippen LogP contribution < -0.4 is 5.32 Å². The second-order valence-electron chi connectivity index (χ2n) is 5.86. The third kappa shape index (κ3) is 2.28. The maximum atomic E-state index is 14.4. The fourth-order valence-corrected chi connectivity index (χ4v) is 3.22. The maximum Gasteiger partial charge on any atom is 0.334 e. The first kappa shape index (κ1) is 17.9. The van der Waals surface area contributed by atoms with E-state index in [0.29, 0.717) is 0 Å². The minimum Gasteiger partial charge on any atom is -0.478 e. The molecule has 3 rings (SSSR count). The van der Waals surface area contributed by atoms with Gasteiger partial charge in [-0.2, -0.15) is 5.10 Å². The number of aryl methyl sites for hydroxylation is 2. The summed E-state index contributed by atoms with van der Waals surface area (Å²) >= 11 is 0. The van der Waals surface area contributed by atoms with E-state index in [9.17, 15) is 31.9 Å². The Morgan fingerprint density at radius 2 is 1.50 bits per heavy atom. The normalized spacial score (nSPS) is 16.5. The lowest BCUT2D eigenvalue weighted by Crippen LogP contribution is -2.26. The minimum absolute atomic E-state index is 0.00180. The van der Waals surface area contributed by atoms with Crippen molar-refractivity contribution >= 4 is 11.8 Å². The number of hydrogen-bond donors (Lipinski definition) is 2. The summed E-state index contributed by atoms with van der Waals surface area (Å²) < 4.78 is 70.9. The quantitative estimate of drug-likeness (QED) is 0.481.